The lowest BCUT2D eigenvalue weighted by Gasteiger charge is -2.32. The largest absolute Gasteiger partial charge is 0.490 e. The SMILES string of the molecule is O=C(Nc1cccs1)N1CCC(Oc2cccc(-c3cccs3)c2)CC1. The molecular weight excluding hydrogens is 364 g/mol. The lowest BCUT2D eigenvalue weighted by molar-refractivity contribution is 0.115. The number of piperidine rings is 1. The average Bonchev–Trinajstić information content (AvgIpc) is 3.37. The smallest absolute Gasteiger partial charge is 0.322 e. The third-order valence-corrected chi connectivity index (χ3v) is 6.13. The van der Waals surface area contributed by atoms with Crippen molar-refractivity contribution >= 4 is 33.7 Å². The van der Waals surface area contributed by atoms with Crippen molar-refractivity contribution in [2.45, 2.75) is 18.9 Å². The molecule has 0 spiro atoms. The molecule has 3 heterocycles. The normalized spacial score (nSPS) is 15.0. The third kappa shape index (κ3) is 4.08. The number of carbonyl (C=O) groups excluding carboxylic acids is 1. The molecule has 1 saturated heterocycles. The van der Waals surface area contributed by atoms with E-state index in [1.54, 1.807) is 11.3 Å². The molecule has 0 unspecified atom stereocenters. The van der Waals surface area contributed by atoms with Crippen molar-refractivity contribution in [2.24, 2.45) is 0 Å². The van der Waals surface area contributed by atoms with Gasteiger partial charge in [0.2, 0.25) is 0 Å². The summed E-state index contributed by atoms with van der Waals surface area (Å²) in [6.07, 6.45) is 1.85. The van der Waals surface area contributed by atoms with Crippen molar-refractivity contribution in [3.05, 3.63) is 59.3 Å². The predicted molar refractivity (Wildman–Crippen MR) is 108 cm³/mol. The fraction of sp³-hybridized carbons (Fsp3) is 0.250. The molecule has 2 amide bonds. The summed E-state index contributed by atoms with van der Waals surface area (Å²) >= 11 is 3.27. The van der Waals surface area contributed by atoms with Gasteiger partial charge in [0, 0.05) is 30.8 Å². The number of amides is 2. The number of hydrogen-bond acceptors (Lipinski definition) is 4. The zero-order chi connectivity index (χ0) is 17.8. The van der Waals surface area contributed by atoms with Gasteiger partial charge in [-0.1, -0.05) is 18.2 Å². The molecular formula is C20H20N2O2S2. The van der Waals surface area contributed by atoms with E-state index in [1.165, 1.54) is 21.8 Å². The van der Waals surface area contributed by atoms with Crippen molar-refractivity contribution in [1.29, 1.82) is 0 Å². The number of rotatable bonds is 4. The molecule has 4 nitrogen and oxygen atoms in total. The average molecular weight is 385 g/mol. The molecule has 1 aliphatic heterocycles. The number of carbonyl (C=O) groups is 1. The number of urea groups is 1. The summed E-state index contributed by atoms with van der Waals surface area (Å²) in [5.74, 6) is 0.900. The van der Waals surface area contributed by atoms with Gasteiger partial charge in [0.25, 0.3) is 0 Å². The first kappa shape index (κ1) is 17.1. The minimum Gasteiger partial charge on any atom is -0.490 e. The maximum absolute atomic E-state index is 12.3. The standard InChI is InChI=1S/C20H20N2O2S2/c23-20(21-19-7-3-13-26-19)22-10-8-16(9-11-22)24-17-5-1-4-15(14-17)18-6-2-12-25-18/h1-7,12-14,16H,8-11H2,(H,21,23). The van der Waals surface area contributed by atoms with Crippen molar-refractivity contribution in [3.63, 3.8) is 0 Å². The van der Waals surface area contributed by atoms with Gasteiger partial charge in [-0.25, -0.2) is 4.79 Å². The van der Waals surface area contributed by atoms with Gasteiger partial charge >= 0.3 is 6.03 Å². The second-order valence-corrected chi connectivity index (χ2v) is 8.11. The van der Waals surface area contributed by atoms with E-state index >= 15 is 0 Å². The van der Waals surface area contributed by atoms with Crippen molar-refractivity contribution in [1.82, 2.24) is 4.90 Å². The molecule has 3 aromatic rings. The van der Waals surface area contributed by atoms with Gasteiger partial charge in [-0.05, 0) is 46.7 Å². The minimum absolute atomic E-state index is 0.0226. The van der Waals surface area contributed by atoms with Crippen LogP contribution >= 0.6 is 22.7 Å². The van der Waals surface area contributed by atoms with E-state index in [0.29, 0.717) is 13.1 Å². The first-order valence-electron chi connectivity index (χ1n) is 8.68. The Balaban J connectivity index is 1.31. The molecule has 0 aliphatic carbocycles. The van der Waals surface area contributed by atoms with Gasteiger partial charge < -0.3 is 9.64 Å². The summed E-state index contributed by atoms with van der Waals surface area (Å²) in [4.78, 5) is 15.4. The molecule has 2 aromatic heterocycles. The van der Waals surface area contributed by atoms with Crippen LogP contribution in [0.3, 0.4) is 0 Å². The molecule has 1 aromatic carbocycles. The highest BCUT2D eigenvalue weighted by molar-refractivity contribution is 7.14. The van der Waals surface area contributed by atoms with E-state index in [-0.39, 0.29) is 12.1 Å². The van der Waals surface area contributed by atoms with Crippen molar-refractivity contribution in [2.75, 3.05) is 18.4 Å². The van der Waals surface area contributed by atoms with E-state index in [0.717, 1.165) is 23.6 Å². The first-order chi connectivity index (χ1) is 12.8. The van der Waals surface area contributed by atoms with Crippen molar-refractivity contribution in [3.8, 4) is 16.2 Å². The van der Waals surface area contributed by atoms with E-state index < -0.39 is 0 Å². The maximum atomic E-state index is 12.3. The Hall–Kier alpha value is -2.31. The predicted octanol–water partition coefficient (Wildman–Crippen LogP) is 5.55. The Morgan fingerprint density at radius 3 is 2.58 bits per heavy atom. The number of benzene rings is 1. The van der Waals surface area contributed by atoms with Crippen LogP contribution in [0.15, 0.2) is 59.3 Å². The molecule has 0 saturated carbocycles. The van der Waals surface area contributed by atoms with Crippen LogP contribution in [0.5, 0.6) is 5.75 Å². The molecule has 134 valence electrons. The molecule has 6 heteroatoms. The number of hydrogen-bond donors (Lipinski definition) is 1. The molecule has 0 atom stereocenters. The van der Waals surface area contributed by atoms with Crippen LogP contribution in [0.25, 0.3) is 10.4 Å². The highest BCUT2D eigenvalue weighted by Gasteiger charge is 2.24. The molecule has 4 rings (SSSR count). The lowest BCUT2D eigenvalue weighted by Crippen LogP contribution is -2.43. The van der Waals surface area contributed by atoms with E-state index in [1.807, 2.05) is 34.5 Å². The highest BCUT2D eigenvalue weighted by atomic mass is 32.1. The zero-order valence-corrected chi connectivity index (χ0v) is 15.9. The molecule has 26 heavy (non-hydrogen) atoms. The van der Waals surface area contributed by atoms with E-state index in [2.05, 4.69) is 35.0 Å². The number of anilines is 1. The highest BCUT2D eigenvalue weighted by Crippen LogP contribution is 2.29. The fourth-order valence-electron chi connectivity index (χ4n) is 3.07. The second kappa shape index (κ2) is 7.93. The number of likely N-dealkylation sites (tertiary alicyclic amines) is 1. The molecule has 0 bridgehead atoms. The fourth-order valence-corrected chi connectivity index (χ4v) is 4.40. The summed E-state index contributed by atoms with van der Waals surface area (Å²) in [6.45, 7) is 1.43. The van der Waals surface area contributed by atoms with E-state index in [4.69, 9.17) is 4.74 Å². The van der Waals surface area contributed by atoms with Crippen LogP contribution in [0.2, 0.25) is 0 Å². The maximum Gasteiger partial charge on any atom is 0.322 e. The van der Waals surface area contributed by atoms with Gasteiger partial charge in [-0.15, -0.1) is 22.7 Å². The Kier molecular flexibility index (Phi) is 5.22. The molecule has 1 aliphatic rings. The first-order valence-corrected chi connectivity index (χ1v) is 10.4. The van der Waals surface area contributed by atoms with E-state index in [9.17, 15) is 4.79 Å². The van der Waals surface area contributed by atoms with Crippen molar-refractivity contribution < 1.29 is 9.53 Å². The van der Waals surface area contributed by atoms with Crippen LogP contribution in [0.1, 0.15) is 12.8 Å². The van der Waals surface area contributed by atoms with Gasteiger partial charge in [0.15, 0.2) is 0 Å². The summed E-state index contributed by atoms with van der Waals surface area (Å²) in [6, 6.07) is 16.3. The molecule has 1 fully saturated rings. The Labute approximate surface area is 161 Å². The second-order valence-electron chi connectivity index (χ2n) is 6.22. The summed E-state index contributed by atoms with van der Waals surface area (Å²) in [5, 5.41) is 7.87. The molecule has 1 N–H and O–H groups in total. The summed E-state index contributed by atoms with van der Waals surface area (Å²) in [7, 11) is 0. The summed E-state index contributed by atoms with van der Waals surface area (Å²) in [5.41, 5.74) is 1.19. The van der Waals surface area contributed by atoms with Gasteiger partial charge in [0.1, 0.15) is 11.9 Å². The van der Waals surface area contributed by atoms with Crippen LogP contribution in [0.4, 0.5) is 9.80 Å². The zero-order valence-electron chi connectivity index (χ0n) is 14.3. The number of thiophene rings is 2. The Morgan fingerprint density at radius 1 is 1.04 bits per heavy atom. The van der Waals surface area contributed by atoms with Crippen LogP contribution in [-0.4, -0.2) is 30.1 Å². The van der Waals surface area contributed by atoms with Crippen LogP contribution in [-0.2, 0) is 0 Å². The Morgan fingerprint density at radius 2 is 1.85 bits per heavy atom. The third-order valence-electron chi connectivity index (χ3n) is 4.42. The minimum atomic E-state index is -0.0226. The number of nitrogens with one attached hydrogen (secondary N) is 1. The van der Waals surface area contributed by atoms with Crippen LogP contribution in [0, 0.1) is 0 Å². The topological polar surface area (TPSA) is 41.6 Å². The number of ether oxygens (including phenoxy) is 1. The van der Waals surface area contributed by atoms with Gasteiger partial charge in [-0.3, -0.25) is 5.32 Å². The Bertz CT molecular complexity index is 839. The van der Waals surface area contributed by atoms with Gasteiger partial charge in [-0.2, -0.15) is 0 Å². The summed E-state index contributed by atoms with van der Waals surface area (Å²) < 4.78 is 6.18. The molecule has 0 radical (unpaired) electrons. The monoisotopic (exact) mass is 384 g/mol. The lowest BCUT2D eigenvalue weighted by atomic mass is 10.1. The van der Waals surface area contributed by atoms with Crippen LogP contribution < -0.4 is 10.1 Å². The number of nitrogens with zero attached hydrogens (tertiary/aromatic N) is 1. The quantitative estimate of drug-likeness (QED) is 0.640. The van der Waals surface area contributed by atoms with Gasteiger partial charge in [0.05, 0.1) is 5.00 Å².